The third kappa shape index (κ3) is 1.54. The van der Waals surface area contributed by atoms with Crippen molar-refractivity contribution in [2.75, 3.05) is 39.6 Å². The maximum Gasteiger partial charge on any atom is 0.166 e. The molecule has 0 radical (unpaired) electrons. The van der Waals surface area contributed by atoms with Gasteiger partial charge in [0.25, 0.3) is 0 Å². The van der Waals surface area contributed by atoms with E-state index in [1.165, 1.54) is 0 Å². The van der Waals surface area contributed by atoms with E-state index < -0.39 is 0 Å². The Bertz CT molecular complexity index is 108. The molecule has 2 saturated heterocycles. The van der Waals surface area contributed by atoms with Gasteiger partial charge in [-0.05, 0) is 0 Å². The fraction of sp³-hybridized carbons (Fsp3) is 1.00. The molecule has 1 spiro atoms. The van der Waals surface area contributed by atoms with E-state index in [9.17, 15) is 0 Å². The van der Waals surface area contributed by atoms with Crippen molar-refractivity contribution in [3.63, 3.8) is 0 Å². The molecule has 0 bridgehead atoms. The average Bonchev–Trinajstić information content (AvgIpc) is 2.07. The Hall–Kier alpha value is -0.160. The van der Waals surface area contributed by atoms with Gasteiger partial charge in [-0.2, -0.15) is 0 Å². The Morgan fingerprint density at radius 1 is 1.00 bits per heavy atom. The van der Waals surface area contributed by atoms with E-state index in [1.807, 2.05) is 0 Å². The lowest BCUT2D eigenvalue weighted by molar-refractivity contribution is -0.213. The number of nitrogens with one attached hydrogen (secondary N) is 1. The van der Waals surface area contributed by atoms with Crippen molar-refractivity contribution in [2.45, 2.75) is 5.72 Å². The first-order valence-electron chi connectivity index (χ1n) is 3.96. The number of hydrogen-bond acceptors (Lipinski definition) is 4. The van der Waals surface area contributed by atoms with Gasteiger partial charge in [-0.15, -0.1) is 0 Å². The maximum atomic E-state index is 5.55. The second kappa shape index (κ2) is 3.06. The van der Waals surface area contributed by atoms with Gasteiger partial charge in [0.05, 0.1) is 33.0 Å². The summed E-state index contributed by atoms with van der Waals surface area (Å²) in [6, 6.07) is 0. The molecule has 2 fully saturated rings. The first-order valence-corrected chi connectivity index (χ1v) is 3.96. The van der Waals surface area contributed by atoms with Crippen molar-refractivity contribution in [3.8, 4) is 0 Å². The van der Waals surface area contributed by atoms with Gasteiger partial charge in [0.15, 0.2) is 5.72 Å². The Labute approximate surface area is 65.8 Å². The smallest absolute Gasteiger partial charge is 0.166 e. The van der Waals surface area contributed by atoms with Crippen molar-refractivity contribution in [2.24, 2.45) is 0 Å². The zero-order valence-corrected chi connectivity index (χ0v) is 6.47. The first-order chi connectivity index (χ1) is 5.41. The van der Waals surface area contributed by atoms with Gasteiger partial charge in [-0.25, -0.2) is 0 Å². The summed E-state index contributed by atoms with van der Waals surface area (Å²) in [5.41, 5.74) is -0.337. The highest BCUT2D eigenvalue weighted by Gasteiger charge is 2.35. The molecule has 2 heterocycles. The van der Waals surface area contributed by atoms with Gasteiger partial charge in [0, 0.05) is 6.54 Å². The number of morpholine rings is 1. The van der Waals surface area contributed by atoms with Crippen molar-refractivity contribution in [3.05, 3.63) is 0 Å². The minimum absolute atomic E-state index is 0.337. The molecule has 0 saturated carbocycles. The minimum atomic E-state index is -0.337. The lowest BCUT2D eigenvalue weighted by Gasteiger charge is -2.40. The third-order valence-corrected chi connectivity index (χ3v) is 1.97. The molecular formula is C7H13NO3. The number of hydrogen-bond donors (Lipinski definition) is 1. The van der Waals surface area contributed by atoms with Gasteiger partial charge in [0.1, 0.15) is 0 Å². The van der Waals surface area contributed by atoms with Crippen LogP contribution in [0.5, 0.6) is 0 Å². The van der Waals surface area contributed by atoms with E-state index in [0.29, 0.717) is 26.4 Å². The zero-order chi connectivity index (χ0) is 7.57. The maximum absolute atomic E-state index is 5.55. The summed E-state index contributed by atoms with van der Waals surface area (Å²) >= 11 is 0. The van der Waals surface area contributed by atoms with Crippen LogP contribution in [0.2, 0.25) is 0 Å². The molecule has 1 atom stereocenters. The molecule has 2 rings (SSSR count). The zero-order valence-electron chi connectivity index (χ0n) is 6.47. The number of ether oxygens (including phenoxy) is 3. The second-order valence-electron chi connectivity index (χ2n) is 2.87. The summed E-state index contributed by atoms with van der Waals surface area (Å²) in [6.45, 7) is 4.19. The quantitative estimate of drug-likeness (QED) is 0.510. The summed E-state index contributed by atoms with van der Waals surface area (Å²) in [5, 5.41) is 3.26. The molecule has 2 aliphatic heterocycles. The van der Waals surface area contributed by atoms with Crippen molar-refractivity contribution < 1.29 is 14.2 Å². The Morgan fingerprint density at radius 3 is 2.45 bits per heavy atom. The van der Waals surface area contributed by atoms with Crippen molar-refractivity contribution >= 4 is 0 Å². The van der Waals surface area contributed by atoms with Gasteiger partial charge < -0.3 is 14.2 Å². The standard InChI is InChI=1S/C7H13NO3/c1-2-9-5-7(8-1)6-10-3-4-11-7/h8H,1-6H2. The largest absolute Gasteiger partial charge is 0.376 e. The fourth-order valence-electron chi connectivity index (χ4n) is 1.40. The van der Waals surface area contributed by atoms with Crippen LogP contribution in [0, 0.1) is 0 Å². The molecule has 1 N–H and O–H groups in total. The molecule has 0 aromatic heterocycles. The van der Waals surface area contributed by atoms with Crippen LogP contribution in [0.1, 0.15) is 0 Å². The summed E-state index contributed by atoms with van der Waals surface area (Å²) in [6.07, 6.45) is 0. The number of rotatable bonds is 0. The summed E-state index contributed by atoms with van der Waals surface area (Å²) in [5.74, 6) is 0. The van der Waals surface area contributed by atoms with Gasteiger partial charge in [-0.3, -0.25) is 5.32 Å². The highest BCUT2D eigenvalue weighted by Crippen LogP contribution is 2.15. The molecule has 4 nitrogen and oxygen atoms in total. The predicted molar refractivity (Wildman–Crippen MR) is 38.3 cm³/mol. The summed E-state index contributed by atoms with van der Waals surface area (Å²) in [4.78, 5) is 0. The van der Waals surface area contributed by atoms with Crippen LogP contribution in [0.25, 0.3) is 0 Å². The second-order valence-corrected chi connectivity index (χ2v) is 2.87. The highest BCUT2D eigenvalue weighted by atomic mass is 16.6. The Balaban J connectivity index is 1.94. The molecule has 0 aromatic rings. The summed E-state index contributed by atoms with van der Waals surface area (Å²) < 4.78 is 16.1. The Kier molecular flexibility index (Phi) is 2.09. The molecule has 64 valence electrons. The molecule has 1 unspecified atom stereocenters. The molecule has 0 aromatic carbocycles. The van der Waals surface area contributed by atoms with E-state index in [-0.39, 0.29) is 5.72 Å². The van der Waals surface area contributed by atoms with Crippen LogP contribution in [-0.2, 0) is 14.2 Å². The van der Waals surface area contributed by atoms with E-state index in [0.717, 1.165) is 13.2 Å². The molecule has 0 amide bonds. The first kappa shape index (κ1) is 7.49. The molecule has 4 heteroatoms. The fourth-order valence-corrected chi connectivity index (χ4v) is 1.40. The lowest BCUT2D eigenvalue weighted by atomic mass is 10.2. The monoisotopic (exact) mass is 159 g/mol. The van der Waals surface area contributed by atoms with Crippen LogP contribution in [-0.4, -0.2) is 45.3 Å². The van der Waals surface area contributed by atoms with Gasteiger partial charge >= 0.3 is 0 Å². The van der Waals surface area contributed by atoms with Crippen LogP contribution < -0.4 is 5.32 Å². The van der Waals surface area contributed by atoms with Crippen LogP contribution in [0.4, 0.5) is 0 Å². The van der Waals surface area contributed by atoms with Gasteiger partial charge in [0.2, 0.25) is 0 Å². The minimum Gasteiger partial charge on any atom is -0.376 e. The van der Waals surface area contributed by atoms with Crippen molar-refractivity contribution in [1.82, 2.24) is 5.32 Å². The van der Waals surface area contributed by atoms with Crippen LogP contribution in [0.15, 0.2) is 0 Å². The molecule has 2 aliphatic rings. The Morgan fingerprint density at radius 2 is 1.82 bits per heavy atom. The molecule has 0 aliphatic carbocycles. The van der Waals surface area contributed by atoms with Gasteiger partial charge in [-0.1, -0.05) is 0 Å². The molecule has 11 heavy (non-hydrogen) atoms. The van der Waals surface area contributed by atoms with Crippen molar-refractivity contribution in [1.29, 1.82) is 0 Å². The predicted octanol–water partition coefficient (Wildman–Crippen LogP) is -0.651. The lowest BCUT2D eigenvalue weighted by Crippen LogP contribution is -2.61. The average molecular weight is 159 g/mol. The third-order valence-electron chi connectivity index (χ3n) is 1.97. The topological polar surface area (TPSA) is 39.7 Å². The van der Waals surface area contributed by atoms with Crippen LogP contribution in [0.3, 0.4) is 0 Å². The highest BCUT2D eigenvalue weighted by molar-refractivity contribution is 4.82. The SMILES string of the molecule is C1COCC2(COCCO2)N1. The van der Waals surface area contributed by atoms with E-state index in [4.69, 9.17) is 14.2 Å². The van der Waals surface area contributed by atoms with E-state index in [2.05, 4.69) is 5.32 Å². The molecular weight excluding hydrogens is 146 g/mol. The van der Waals surface area contributed by atoms with E-state index in [1.54, 1.807) is 0 Å². The normalized spacial score (nSPS) is 39.3. The van der Waals surface area contributed by atoms with Crippen LogP contribution >= 0.6 is 0 Å². The summed E-state index contributed by atoms with van der Waals surface area (Å²) in [7, 11) is 0. The van der Waals surface area contributed by atoms with E-state index >= 15 is 0 Å².